The van der Waals surface area contributed by atoms with Gasteiger partial charge in [-0.1, -0.05) is 0 Å². The molecule has 1 saturated heterocycles. The number of aliphatic hydroxyl groups is 1. The van der Waals surface area contributed by atoms with Crippen LogP contribution in [0.25, 0.3) is 22.6 Å². The topological polar surface area (TPSA) is 86.9 Å². The summed E-state index contributed by atoms with van der Waals surface area (Å²) < 4.78 is 33.7. The Balaban J connectivity index is 1.32. The molecule has 1 saturated carbocycles. The molecule has 9 heteroatoms. The third-order valence-electron chi connectivity index (χ3n) is 6.09. The highest BCUT2D eigenvalue weighted by atomic mass is 19.1. The van der Waals surface area contributed by atoms with Crippen LogP contribution in [0.3, 0.4) is 0 Å². The molecule has 2 heterocycles. The number of carbonyl (C=O) groups excluding carboxylic acids is 2. The van der Waals surface area contributed by atoms with E-state index in [-0.39, 0.29) is 48.6 Å². The first-order chi connectivity index (χ1) is 15.2. The molecular formula is C23H21F2N3O4. The highest BCUT2D eigenvalue weighted by Gasteiger charge is 2.51. The molecule has 1 N–H and O–H groups in total. The normalized spacial score (nSPS) is 19.9. The van der Waals surface area contributed by atoms with Crippen LogP contribution in [0, 0.1) is 11.6 Å². The Bertz CT molecular complexity index is 1240. The van der Waals surface area contributed by atoms with Crippen molar-refractivity contribution >= 4 is 22.9 Å². The molecule has 5 rings (SSSR count). The number of nitrogens with zero attached hydrogens (tertiary/aromatic N) is 3. The number of hydrogen-bond donors (Lipinski definition) is 1. The van der Waals surface area contributed by atoms with Crippen LogP contribution in [-0.4, -0.2) is 63.0 Å². The minimum atomic E-state index is -1.25. The summed E-state index contributed by atoms with van der Waals surface area (Å²) in [5.41, 5.74) is -0.323. The van der Waals surface area contributed by atoms with Crippen LogP contribution in [0.1, 0.15) is 30.1 Å². The van der Waals surface area contributed by atoms with Gasteiger partial charge in [0.25, 0.3) is 11.8 Å². The van der Waals surface area contributed by atoms with Crippen molar-refractivity contribution in [2.75, 3.05) is 19.6 Å². The van der Waals surface area contributed by atoms with Crippen molar-refractivity contribution in [1.29, 1.82) is 0 Å². The van der Waals surface area contributed by atoms with Crippen molar-refractivity contribution in [1.82, 2.24) is 14.8 Å². The average Bonchev–Trinajstić information content (AvgIpc) is 3.38. The first kappa shape index (κ1) is 20.6. The number of hydrogen-bond acceptors (Lipinski definition) is 5. The minimum Gasteiger partial charge on any atom is -0.436 e. The third-order valence-corrected chi connectivity index (χ3v) is 6.09. The molecule has 2 fully saturated rings. The van der Waals surface area contributed by atoms with E-state index in [0.717, 1.165) is 0 Å². The number of piperazine rings is 1. The molecule has 2 aliphatic rings. The molecule has 0 radical (unpaired) electrons. The number of rotatable bonds is 3. The lowest BCUT2D eigenvalue weighted by Crippen LogP contribution is -2.58. The zero-order valence-corrected chi connectivity index (χ0v) is 17.3. The van der Waals surface area contributed by atoms with Gasteiger partial charge in [-0.2, -0.15) is 0 Å². The third kappa shape index (κ3) is 3.52. The molecule has 7 nitrogen and oxygen atoms in total. The lowest BCUT2D eigenvalue weighted by molar-refractivity contribution is -0.146. The van der Waals surface area contributed by atoms with Crippen molar-refractivity contribution in [3.63, 3.8) is 0 Å². The van der Waals surface area contributed by atoms with Gasteiger partial charge in [0.05, 0.1) is 5.56 Å². The second-order valence-electron chi connectivity index (χ2n) is 8.46. The SMILES string of the molecule is C[C@H]1CN(C(=O)c2ccc(-c3nc4ccc(F)cc4o3)cc2F)CCN1C(=O)C1(O)CC1. The zero-order valence-electron chi connectivity index (χ0n) is 17.3. The molecule has 0 spiro atoms. The van der Waals surface area contributed by atoms with Crippen molar-refractivity contribution < 1.29 is 27.9 Å². The summed E-state index contributed by atoms with van der Waals surface area (Å²) in [6.45, 7) is 2.59. The highest BCUT2D eigenvalue weighted by molar-refractivity contribution is 5.95. The smallest absolute Gasteiger partial charge is 0.256 e. The standard InChI is InChI=1S/C23H21F2N3O4/c1-13-12-27(8-9-28(13)22(30)23(31)6-7-23)21(29)16-4-2-14(10-17(16)25)20-26-18-5-3-15(24)11-19(18)32-20/h2-5,10-11,13,31H,6-9,12H2,1H3/t13-/m0/s1. The van der Waals surface area contributed by atoms with Crippen LogP contribution in [0.4, 0.5) is 8.78 Å². The molecule has 2 aromatic carbocycles. The Hall–Kier alpha value is -3.33. The van der Waals surface area contributed by atoms with E-state index in [2.05, 4.69) is 4.98 Å². The van der Waals surface area contributed by atoms with Gasteiger partial charge in [-0.25, -0.2) is 13.8 Å². The highest BCUT2D eigenvalue weighted by Crippen LogP contribution is 2.37. The van der Waals surface area contributed by atoms with Crippen molar-refractivity contribution in [2.45, 2.75) is 31.4 Å². The van der Waals surface area contributed by atoms with E-state index in [0.29, 0.717) is 23.9 Å². The van der Waals surface area contributed by atoms with Gasteiger partial charge in [0.2, 0.25) is 5.89 Å². The van der Waals surface area contributed by atoms with Gasteiger partial charge in [0, 0.05) is 37.3 Å². The van der Waals surface area contributed by atoms with E-state index in [9.17, 15) is 23.5 Å². The Morgan fingerprint density at radius 1 is 1.16 bits per heavy atom. The maximum atomic E-state index is 14.9. The molecule has 3 aromatic rings. The molecule has 166 valence electrons. The fourth-order valence-corrected chi connectivity index (χ4v) is 4.06. The van der Waals surface area contributed by atoms with Gasteiger partial charge in [-0.3, -0.25) is 9.59 Å². The van der Waals surface area contributed by atoms with Crippen LogP contribution in [-0.2, 0) is 4.79 Å². The molecule has 1 aliphatic heterocycles. The summed E-state index contributed by atoms with van der Waals surface area (Å²) in [4.78, 5) is 32.7. The van der Waals surface area contributed by atoms with Crippen LogP contribution < -0.4 is 0 Å². The molecule has 1 aliphatic carbocycles. The van der Waals surface area contributed by atoms with Crippen molar-refractivity contribution in [3.05, 3.63) is 53.6 Å². The minimum absolute atomic E-state index is 0.0938. The molecular weight excluding hydrogens is 420 g/mol. The summed E-state index contributed by atoms with van der Waals surface area (Å²) in [7, 11) is 0. The van der Waals surface area contributed by atoms with Crippen LogP contribution in [0.15, 0.2) is 40.8 Å². The summed E-state index contributed by atoms with van der Waals surface area (Å²) in [5, 5.41) is 10.1. The Morgan fingerprint density at radius 2 is 1.94 bits per heavy atom. The van der Waals surface area contributed by atoms with Gasteiger partial charge >= 0.3 is 0 Å². The Kier molecular flexibility index (Phi) is 4.74. The van der Waals surface area contributed by atoms with Gasteiger partial charge < -0.3 is 19.3 Å². The number of oxazole rings is 1. The number of aromatic nitrogens is 1. The maximum absolute atomic E-state index is 14.9. The quantitative estimate of drug-likeness (QED) is 0.675. The first-order valence-corrected chi connectivity index (χ1v) is 10.4. The van der Waals surface area contributed by atoms with E-state index in [1.54, 1.807) is 11.8 Å². The number of amides is 2. The maximum Gasteiger partial charge on any atom is 0.256 e. The molecule has 0 unspecified atom stereocenters. The second kappa shape index (κ2) is 7.37. The number of benzene rings is 2. The van der Waals surface area contributed by atoms with Crippen molar-refractivity contribution in [2.24, 2.45) is 0 Å². The van der Waals surface area contributed by atoms with Crippen molar-refractivity contribution in [3.8, 4) is 11.5 Å². The molecule has 1 aromatic heterocycles. The lowest BCUT2D eigenvalue weighted by atomic mass is 10.1. The lowest BCUT2D eigenvalue weighted by Gasteiger charge is -2.40. The van der Waals surface area contributed by atoms with Crippen LogP contribution in [0.5, 0.6) is 0 Å². The summed E-state index contributed by atoms with van der Waals surface area (Å²) in [6.07, 6.45) is 0.925. The van der Waals surface area contributed by atoms with E-state index in [4.69, 9.17) is 4.42 Å². The molecule has 2 amide bonds. The number of carbonyl (C=O) groups is 2. The van der Waals surface area contributed by atoms with Gasteiger partial charge in [0.15, 0.2) is 5.58 Å². The second-order valence-corrected chi connectivity index (χ2v) is 8.46. The van der Waals surface area contributed by atoms with E-state index < -0.39 is 23.1 Å². The Morgan fingerprint density at radius 3 is 2.62 bits per heavy atom. The molecule has 1 atom stereocenters. The van der Waals surface area contributed by atoms with Crippen LogP contribution in [0.2, 0.25) is 0 Å². The summed E-state index contributed by atoms with van der Waals surface area (Å²) in [5.74, 6) is -1.83. The predicted octanol–water partition coefficient (Wildman–Crippen LogP) is 2.97. The fraction of sp³-hybridized carbons (Fsp3) is 0.348. The number of fused-ring (bicyclic) bond motifs is 1. The van der Waals surface area contributed by atoms with Crippen LogP contribution >= 0.6 is 0 Å². The predicted molar refractivity (Wildman–Crippen MR) is 111 cm³/mol. The zero-order chi connectivity index (χ0) is 22.6. The van der Waals surface area contributed by atoms with Gasteiger partial charge in [-0.15, -0.1) is 0 Å². The average molecular weight is 441 g/mol. The summed E-state index contributed by atoms with van der Waals surface area (Å²) >= 11 is 0. The largest absolute Gasteiger partial charge is 0.436 e. The molecule has 32 heavy (non-hydrogen) atoms. The molecule has 0 bridgehead atoms. The fourth-order valence-electron chi connectivity index (χ4n) is 4.06. The van der Waals surface area contributed by atoms with E-state index >= 15 is 0 Å². The summed E-state index contributed by atoms with van der Waals surface area (Å²) in [6, 6.07) is 7.72. The Labute approximate surface area is 182 Å². The van der Waals surface area contributed by atoms with Gasteiger partial charge in [-0.05, 0) is 50.1 Å². The van der Waals surface area contributed by atoms with E-state index in [1.807, 2.05) is 0 Å². The monoisotopic (exact) mass is 441 g/mol. The number of halogens is 2. The van der Waals surface area contributed by atoms with Gasteiger partial charge in [0.1, 0.15) is 22.8 Å². The van der Waals surface area contributed by atoms with E-state index in [1.165, 1.54) is 41.3 Å². The first-order valence-electron chi connectivity index (χ1n) is 10.4.